The van der Waals surface area contributed by atoms with Gasteiger partial charge in [-0.05, 0) is 29.8 Å². The molecule has 0 aliphatic carbocycles. The molecular weight excluding hydrogens is 439 g/mol. The molecule has 1 N–H and O–H groups in total. The lowest BCUT2D eigenvalue weighted by molar-refractivity contribution is -0.476. The monoisotopic (exact) mass is 449 g/mol. The Balaban J connectivity index is 1.69. The van der Waals surface area contributed by atoms with Crippen molar-refractivity contribution in [3.05, 3.63) is 73.4 Å². The van der Waals surface area contributed by atoms with Gasteiger partial charge >= 0.3 is 11.0 Å². The highest BCUT2D eigenvalue weighted by Gasteiger charge is 2.31. The third kappa shape index (κ3) is 3.54. The van der Waals surface area contributed by atoms with E-state index in [1.54, 1.807) is 41.8 Å². The van der Waals surface area contributed by atoms with Crippen molar-refractivity contribution in [1.29, 1.82) is 0 Å². The Bertz CT molecular complexity index is 1220. The molecule has 140 valence electrons. The minimum absolute atomic E-state index is 0.0264. The summed E-state index contributed by atoms with van der Waals surface area (Å²) >= 11 is 14.5. The number of benzene rings is 2. The molecule has 0 saturated carbocycles. The van der Waals surface area contributed by atoms with Gasteiger partial charge in [-0.25, -0.2) is 9.78 Å². The highest BCUT2D eigenvalue weighted by atomic mass is 35.5. The number of thiazole rings is 1. The van der Waals surface area contributed by atoms with Gasteiger partial charge in [-0.15, -0.1) is 11.3 Å². The quantitative estimate of drug-likeness (QED) is 0.346. The number of nitrogens with zero attached hydrogens (tertiary/aromatic N) is 2. The Morgan fingerprint density at radius 2 is 1.89 bits per heavy atom. The number of carboxylic acids is 1. The van der Waals surface area contributed by atoms with E-state index >= 15 is 0 Å². The summed E-state index contributed by atoms with van der Waals surface area (Å²) in [6, 6.07) is 12.2. The molecule has 2 aromatic carbocycles. The molecule has 4 aromatic rings. The maximum Gasteiger partial charge on any atom is 0.344 e. The van der Waals surface area contributed by atoms with Crippen molar-refractivity contribution >= 4 is 67.1 Å². The maximum atomic E-state index is 12.8. The van der Waals surface area contributed by atoms with Crippen LogP contribution < -0.4 is 0 Å². The number of carbonyl (C=O) groups is 1. The van der Waals surface area contributed by atoms with Crippen molar-refractivity contribution in [2.45, 2.75) is 6.54 Å². The predicted octanol–water partition coefficient (Wildman–Crippen LogP) is 6.64. The van der Waals surface area contributed by atoms with Crippen molar-refractivity contribution in [2.75, 3.05) is 0 Å². The first-order valence-corrected chi connectivity index (χ1v) is 10.5. The number of hydrogen-bond acceptors (Lipinski definition) is 5. The Morgan fingerprint density at radius 3 is 2.57 bits per heavy atom. The average molecular weight is 450 g/mol. The Hall–Kier alpha value is -2.32. The van der Waals surface area contributed by atoms with Gasteiger partial charge in [-0.1, -0.05) is 52.7 Å². The fourth-order valence-corrected chi connectivity index (χ4v) is 5.14. The van der Waals surface area contributed by atoms with Crippen LogP contribution in [-0.4, -0.2) is 20.8 Å². The standard InChI is InChI=1S/C19H10Cl2N2O3S2/c20-11-6-4-10(5-7-11)12-9-27-18(16(12)19(24)25)23(26)8-15-22-14-3-1-2-13(21)17(14)28-15/h1-7,9H,8H2/p+1. The van der Waals surface area contributed by atoms with Gasteiger partial charge in [-0.2, -0.15) is 0 Å². The van der Waals surface area contributed by atoms with Crippen molar-refractivity contribution in [2.24, 2.45) is 0 Å². The molecule has 0 fully saturated rings. The second-order valence-electron chi connectivity index (χ2n) is 5.87. The van der Waals surface area contributed by atoms with E-state index in [9.17, 15) is 14.8 Å². The van der Waals surface area contributed by atoms with Gasteiger partial charge in [0.25, 0.3) is 6.54 Å². The zero-order valence-corrected chi connectivity index (χ0v) is 17.2. The maximum absolute atomic E-state index is 12.8. The predicted molar refractivity (Wildman–Crippen MR) is 113 cm³/mol. The highest BCUT2D eigenvalue weighted by molar-refractivity contribution is 7.19. The number of nitroso groups, excluding NO2 is 1. The SMILES string of the molecule is O=C(O)c1c(-c2ccc(Cl)cc2)csc1[N+](=O)Cc1nc2cccc(Cl)c2s1. The van der Waals surface area contributed by atoms with Crippen molar-refractivity contribution < 1.29 is 14.7 Å². The van der Waals surface area contributed by atoms with Gasteiger partial charge in [0.1, 0.15) is 0 Å². The Labute approximate surface area is 177 Å². The first-order chi connectivity index (χ1) is 13.4. The lowest BCUT2D eigenvalue weighted by Gasteiger charge is -2.00. The molecule has 0 aliphatic rings. The molecule has 0 unspecified atom stereocenters. The first-order valence-electron chi connectivity index (χ1n) is 8.03. The Kier molecular flexibility index (Phi) is 5.16. The van der Waals surface area contributed by atoms with Crippen molar-refractivity contribution in [1.82, 2.24) is 4.98 Å². The molecular formula is C19H11Cl2N2O3S2+. The number of hydrogen-bond donors (Lipinski definition) is 1. The first kappa shape index (κ1) is 19.0. The molecule has 0 radical (unpaired) electrons. The number of fused-ring (bicyclic) bond motifs is 1. The molecule has 0 aliphatic heterocycles. The van der Waals surface area contributed by atoms with Crippen LogP contribution in [0.4, 0.5) is 5.00 Å². The zero-order chi connectivity index (χ0) is 19.8. The molecule has 0 amide bonds. The number of halogens is 2. The van der Waals surface area contributed by atoms with E-state index in [0.717, 1.165) is 16.0 Å². The van der Waals surface area contributed by atoms with Crippen molar-refractivity contribution in [3.8, 4) is 11.1 Å². The molecule has 28 heavy (non-hydrogen) atoms. The summed E-state index contributed by atoms with van der Waals surface area (Å²) in [5.74, 6) is -1.16. The molecule has 0 bridgehead atoms. The van der Waals surface area contributed by atoms with Crippen LogP contribution in [-0.2, 0) is 6.54 Å². The molecule has 0 saturated heterocycles. The summed E-state index contributed by atoms with van der Waals surface area (Å²) in [7, 11) is 0. The third-order valence-corrected chi connectivity index (χ3v) is 6.81. The van der Waals surface area contributed by atoms with Crippen LogP contribution in [0.15, 0.2) is 47.8 Å². The summed E-state index contributed by atoms with van der Waals surface area (Å²) in [6.07, 6.45) is 0. The number of aromatic nitrogens is 1. The lowest BCUT2D eigenvalue weighted by Crippen LogP contribution is -2.05. The van der Waals surface area contributed by atoms with E-state index in [0.29, 0.717) is 36.5 Å². The van der Waals surface area contributed by atoms with Crippen molar-refractivity contribution in [3.63, 3.8) is 0 Å². The molecule has 2 heterocycles. The number of rotatable bonds is 5. The molecule has 2 aromatic heterocycles. The fraction of sp³-hybridized carbons (Fsp3) is 0.0526. The van der Waals surface area contributed by atoms with Crippen LogP contribution >= 0.6 is 45.9 Å². The van der Waals surface area contributed by atoms with E-state index in [4.69, 9.17) is 23.2 Å². The van der Waals surface area contributed by atoms with Crippen LogP contribution in [0.3, 0.4) is 0 Å². The van der Waals surface area contributed by atoms with E-state index in [1.807, 2.05) is 6.07 Å². The summed E-state index contributed by atoms with van der Waals surface area (Å²) in [6.45, 7) is -0.0590. The van der Waals surface area contributed by atoms with Crippen LogP contribution in [0, 0.1) is 4.91 Å². The van der Waals surface area contributed by atoms with Gasteiger partial charge in [-0.3, -0.25) is 0 Å². The van der Waals surface area contributed by atoms with E-state index < -0.39 is 5.97 Å². The highest BCUT2D eigenvalue weighted by Crippen LogP contribution is 2.38. The molecule has 5 nitrogen and oxygen atoms in total. The summed E-state index contributed by atoms with van der Waals surface area (Å²) < 4.78 is 1.47. The topological polar surface area (TPSA) is 70.3 Å². The zero-order valence-electron chi connectivity index (χ0n) is 14.1. The van der Waals surface area contributed by atoms with Gasteiger partial charge in [0.15, 0.2) is 10.6 Å². The summed E-state index contributed by atoms with van der Waals surface area (Å²) in [4.78, 5) is 29.1. The minimum atomic E-state index is -1.16. The average Bonchev–Trinajstić information content (AvgIpc) is 3.27. The summed E-state index contributed by atoms with van der Waals surface area (Å²) in [5.41, 5.74) is 1.86. The third-order valence-electron chi connectivity index (χ3n) is 4.06. The second kappa shape index (κ2) is 7.60. The molecule has 0 atom stereocenters. The molecule has 4 rings (SSSR count). The summed E-state index contributed by atoms with van der Waals surface area (Å²) in [5, 5.41) is 13.2. The number of carboxylic acid groups (broad SMARTS) is 1. The van der Waals surface area contributed by atoms with E-state index in [-0.39, 0.29) is 17.1 Å². The molecule has 9 heteroatoms. The largest absolute Gasteiger partial charge is 0.477 e. The minimum Gasteiger partial charge on any atom is -0.477 e. The number of aromatic carboxylic acids is 1. The molecule has 0 spiro atoms. The van der Waals surface area contributed by atoms with Crippen LogP contribution in [0.25, 0.3) is 21.3 Å². The van der Waals surface area contributed by atoms with Crippen LogP contribution in [0.2, 0.25) is 10.0 Å². The van der Waals surface area contributed by atoms with Crippen LogP contribution in [0.1, 0.15) is 15.4 Å². The normalized spacial score (nSPS) is 11.1. The van der Waals surface area contributed by atoms with Gasteiger partial charge < -0.3 is 5.11 Å². The van der Waals surface area contributed by atoms with Gasteiger partial charge in [0, 0.05) is 20.9 Å². The van der Waals surface area contributed by atoms with Gasteiger partial charge in [0.2, 0.25) is 0 Å². The Morgan fingerprint density at radius 1 is 1.14 bits per heavy atom. The second-order valence-corrected chi connectivity index (χ2v) is 8.66. The van der Waals surface area contributed by atoms with E-state index in [2.05, 4.69) is 4.98 Å². The smallest absolute Gasteiger partial charge is 0.344 e. The van der Waals surface area contributed by atoms with Gasteiger partial charge in [0.05, 0.1) is 20.0 Å². The number of thiophene rings is 1. The van der Waals surface area contributed by atoms with E-state index in [1.165, 1.54) is 11.3 Å². The van der Waals surface area contributed by atoms with Crippen LogP contribution in [0.5, 0.6) is 0 Å². The lowest BCUT2D eigenvalue weighted by atomic mass is 10.0. The fourth-order valence-electron chi connectivity index (χ4n) is 2.80.